The van der Waals surface area contributed by atoms with Crippen molar-refractivity contribution >= 4 is 0 Å². The lowest BCUT2D eigenvalue weighted by molar-refractivity contribution is 0.223. The van der Waals surface area contributed by atoms with Crippen molar-refractivity contribution in [2.45, 2.75) is 25.9 Å². The third-order valence-electron chi connectivity index (χ3n) is 3.51. The number of aryl methyl sites for hydroxylation is 1. The van der Waals surface area contributed by atoms with Crippen LogP contribution in [-0.2, 0) is 13.0 Å². The van der Waals surface area contributed by atoms with Gasteiger partial charge in [-0.1, -0.05) is 31.2 Å². The molecule has 0 fully saturated rings. The fourth-order valence-corrected chi connectivity index (χ4v) is 2.30. The molecule has 19 heavy (non-hydrogen) atoms. The molecule has 0 radical (unpaired) electrons. The lowest BCUT2D eigenvalue weighted by Gasteiger charge is -2.26. The Morgan fingerprint density at radius 2 is 1.95 bits per heavy atom. The molecule has 3 nitrogen and oxygen atoms in total. The summed E-state index contributed by atoms with van der Waals surface area (Å²) in [6.07, 6.45) is 2.77. The van der Waals surface area contributed by atoms with E-state index in [4.69, 9.17) is 10.2 Å². The summed E-state index contributed by atoms with van der Waals surface area (Å²) in [5, 5.41) is 0. The minimum Gasteiger partial charge on any atom is -0.468 e. The van der Waals surface area contributed by atoms with Gasteiger partial charge in [-0.3, -0.25) is 4.90 Å². The average molecular weight is 258 g/mol. The molecule has 102 valence electrons. The van der Waals surface area contributed by atoms with E-state index in [1.54, 1.807) is 6.26 Å². The van der Waals surface area contributed by atoms with E-state index in [0.29, 0.717) is 6.54 Å². The molecule has 3 heteroatoms. The highest BCUT2D eigenvalue weighted by atomic mass is 16.3. The zero-order chi connectivity index (χ0) is 13.7. The maximum absolute atomic E-state index is 5.93. The Kier molecular flexibility index (Phi) is 4.77. The molecule has 0 bridgehead atoms. The van der Waals surface area contributed by atoms with Crippen LogP contribution < -0.4 is 5.73 Å². The van der Waals surface area contributed by atoms with Gasteiger partial charge < -0.3 is 10.2 Å². The summed E-state index contributed by atoms with van der Waals surface area (Å²) in [7, 11) is 2.08. The van der Waals surface area contributed by atoms with Crippen molar-refractivity contribution in [3.63, 3.8) is 0 Å². The molecule has 2 rings (SSSR count). The Balaban J connectivity index is 2.09. The molecular weight excluding hydrogens is 236 g/mol. The van der Waals surface area contributed by atoms with E-state index in [1.165, 1.54) is 11.1 Å². The summed E-state index contributed by atoms with van der Waals surface area (Å²) in [6.45, 7) is 3.53. The summed E-state index contributed by atoms with van der Waals surface area (Å²) < 4.78 is 5.39. The third kappa shape index (κ3) is 3.46. The quantitative estimate of drug-likeness (QED) is 0.866. The summed E-state index contributed by atoms with van der Waals surface area (Å²) in [5.74, 6) is 0.964. The second-order valence-electron chi connectivity index (χ2n) is 4.84. The van der Waals surface area contributed by atoms with E-state index in [1.807, 2.05) is 12.1 Å². The fourth-order valence-electron chi connectivity index (χ4n) is 2.30. The highest BCUT2D eigenvalue weighted by molar-refractivity contribution is 5.25. The van der Waals surface area contributed by atoms with Gasteiger partial charge >= 0.3 is 0 Å². The van der Waals surface area contributed by atoms with Gasteiger partial charge in [0.15, 0.2) is 0 Å². The van der Waals surface area contributed by atoms with Gasteiger partial charge in [0.1, 0.15) is 5.76 Å². The van der Waals surface area contributed by atoms with Gasteiger partial charge in [-0.2, -0.15) is 0 Å². The maximum Gasteiger partial charge on any atom is 0.117 e. The first-order chi connectivity index (χ1) is 9.24. The largest absolute Gasteiger partial charge is 0.468 e. The van der Waals surface area contributed by atoms with Gasteiger partial charge in [0.05, 0.1) is 12.8 Å². The van der Waals surface area contributed by atoms with Gasteiger partial charge in [-0.15, -0.1) is 0 Å². The molecule has 1 aromatic carbocycles. The molecule has 0 aliphatic heterocycles. The molecule has 0 aliphatic carbocycles. The van der Waals surface area contributed by atoms with E-state index < -0.39 is 0 Å². The van der Waals surface area contributed by atoms with Crippen molar-refractivity contribution in [1.82, 2.24) is 4.90 Å². The zero-order valence-corrected chi connectivity index (χ0v) is 11.7. The minimum atomic E-state index is 0.219. The molecule has 2 aromatic rings. The van der Waals surface area contributed by atoms with E-state index in [9.17, 15) is 0 Å². The standard InChI is InChI=1S/C16H22N2O/c1-3-13-6-8-14(9-7-13)16(11-17)18(2)12-15-5-4-10-19-15/h4-10,16H,3,11-12,17H2,1-2H3. The molecular formula is C16H22N2O. The van der Waals surface area contributed by atoms with Crippen LogP contribution >= 0.6 is 0 Å². The van der Waals surface area contributed by atoms with Gasteiger partial charge in [0.25, 0.3) is 0 Å². The van der Waals surface area contributed by atoms with Gasteiger partial charge in [0, 0.05) is 12.6 Å². The molecule has 2 N–H and O–H groups in total. The number of furan rings is 1. The molecule has 0 aliphatic rings. The van der Waals surface area contributed by atoms with E-state index in [-0.39, 0.29) is 6.04 Å². The first kappa shape index (κ1) is 13.8. The van der Waals surface area contributed by atoms with Crippen LogP contribution in [0.4, 0.5) is 0 Å². The number of benzene rings is 1. The van der Waals surface area contributed by atoms with Crippen molar-refractivity contribution in [2.75, 3.05) is 13.6 Å². The van der Waals surface area contributed by atoms with E-state index in [2.05, 4.69) is 43.1 Å². The first-order valence-corrected chi connectivity index (χ1v) is 6.76. The number of nitrogens with zero attached hydrogens (tertiary/aromatic N) is 1. The molecule has 1 heterocycles. The van der Waals surface area contributed by atoms with E-state index >= 15 is 0 Å². The Morgan fingerprint density at radius 1 is 1.21 bits per heavy atom. The smallest absolute Gasteiger partial charge is 0.117 e. The molecule has 0 amide bonds. The molecule has 0 saturated heterocycles. The van der Waals surface area contributed by atoms with Gasteiger partial charge in [0.2, 0.25) is 0 Å². The first-order valence-electron chi connectivity index (χ1n) is 6.76. The Bertz CT molecular complexity index is 476. The predicted octanol–water partition coefficient (Wildman–Crippen LogP) is 2.97. The van der Waals surface area contributed by atoms with Crippen molar-refractivity contribution in [3.8, 4) is 0 Å². The number of likely N-dealkylation sites (N-methyl/N-ethyl adjacent to an activating group) is 1. The monoisotopic (exact) mass is 258 g/mol. The van der Waals surface area contributed by atoms with Crippen molar-refractivity contribution in [2.24, 2.45) is 5.73 Å². The van der Waals surface area contributed by atoms with Crippen LogP contribution in [-0.4, -0.2) is 18.5 Å². The van der Waals surface area contributed by atoms with E-state index in [0.717, 1.165) is 18.7 Å². The number of nitrogens with two attached hydrogens (primary N) is 1. The summed E-state index contributed by atoms with van der Waals surface area (Å²) in [5.41, 5.74) is 8.55. The summed E-state index contributed by atoms with van der Waals surface area (Å²) in [4.78, 5) is 2.22. The number of hydrogen-bond donors (Lipinski definition) is 1. The lowest BCUT2D eigenvalue weighted by Crippen LogP contribution is -2.30. The molecule has 0 spiro atoms. The highest BCUT2D eigenvalue weighted by Gasteiger charge is 2.16. The topological polar surface area (TPSA) is 42.4 Å². The van der Waals surface area contributed by atoms with Gasteiger partial charge in [-0.25, -0.2) is 0 Å². The zero-order valence-electron chi connectivity index (χ0n) is 11.7. The minimum absolute atomic E-state index is 0.219. The fraction of sp³-hybridized carbons (Fsp3) is 0.375. The van der Waals surface area contributed by atoms with Crippen LogP contribution in [0, 0.1) is 0 Å². The van der Waals surface area contributed by atoms with Crippen molar-refractivity contribution in [3.05, 3.63) is 59.5 Å². The molecule has 1 unspecified atom stereocenters. The second-order valence-corrected chi connectivity index (χ2v) is 4.84. The maximum atomic E-state index is 5.93. The van der Waals surface area contributed by atoms with Crippen molar-refractivity contribution < 1.29 is 4.42 Å². The molecule has 1 atom stereocenters. The van der Waals surface area contributed by atoms with Crippen LogP contribution in [0.15, 0.2) is 47.1 Å². The van der Waals surface area contributed by atoms with Crippen LogP contribution in [0.25, 0.3) is 0 Å². The normalized spacial score (nSPS) is 12.8. The second kappa shape index (κ2) is 6.55. The average Bonchev–Trinajstić information content (AvgIpc) is 2.93. The van der Waals surface area contributed by atoms with Crippen molar-refractivity contribution in [1.29, 1.82) is 0 Å². The Hall–Kier alpha value is -1.58. The third-order valence-corrected chi connectivity index (χ3v) is 3.51. The highest BCUT2D eigenvalue weighted by Crippen LogP contribution is 2.21. The van der Waals surface area contributed by atoms with Crippen LogP contribution in [0.1, 0.15) is 29.9 Å². The number of hydrogen-bond acceptors (Lipinski definition) is 3. The number of rotatable bonds is 6. The molecule has 1 aromatic heterocycles. The summed E-state index contributed by atoms with van der Waals surface area (Å²) >= 11 is 0. The lowest BCUT2D eigenvalue weighted by atomic mass is 10.0. The SMILES string of the molecule is CCc1ccc(C(CN)N(C)Cc2ccco2)cc1. The van der Waals surface area contributed by atoms with Crippen LogP contribution in [0.3, 0.4) is 0 Å². The van der Waals surface area contributed by atoms with Crippen LogP contribution in [0.2, 0.25) is 0 Å². The van der Waals surface area contributed by atoms with Gasteiger partial charge in [-0.05, 0) is 36.7 Å². The Labute approximate surface area is 115 Å². The summed E-state index contributed by atoms with van der Waals surface area (Å²) in [6, 6.07) is 12.8. The van der Waals surface area contributed by atoms with Crippen LogP contribution in [0.5, 0.6) is 0 Å². The molecule has 0 saturated carbocycles. The predicted molar refractivity (Wildman–Crippen MR) is 77.8 cm³/mol. The Morgan fingerprint density at radius 3 is 2.47 bits per heavy atom.